The van der Waals surface area contributed by atoms with Crippen molar-refractivity contribution in [2.45, 2.75) is 13.5 Å². The summed E-state index contributed by atoms with van der Waals surface area (Å²) in [6.07, 6.45) is 1.56. The molecule has 1 amide bonds. The van der Waals surface area contributed by atoms with Crippen molar-refractivity contribution >= 4 is 18.0 Å². The van der Waals surface area contributed by atoms with Crippen molar-refractivity contribution in [1.29, 1.82) is 0 Å². The van der Waals surface area contributed by atoms with Gasteiger partial charge in [-0.25, -0.2) is 4.79 Å². The number of nitrogens with zero attached hydrogens (tertiary/aromatic N) is 1. The first-order chi connectivity index (χ1) is 13.1. The van der Waals surface area contributed by atoms with Crippen LogP contribution in [-0.2, 0) is 20.9 Å². The first kappa shape index (κ1) is 18.1. The number of hydrogen-bond donors (Lipinski definition) is 1. The van der Waals surface area contributed by atoms with Crippen molar-refractivity contribution < 1.29 is 18.8 Å². The minimum absolute atomic E-state index is 0.0560. The van der Waals surface area contributed by atoms with Crippen LogP contribution in [0.4, 0.5) is 0 Å². The maximum Gasteiger partial charge on any atom is 0.355 e. The van der Waals surface area contributed by atoms with Gasteiger partial charge in [0, 0.05) is 18.6 Å². The van der Waals surface area contributed by atoms with E-state index in [0.29, 0.717) is 11.5 Å². The summed E-state index contributed by atoms with van der Waals surface area (Å²) < 4.78 is 10.5. The molecule has 27 heavy (non-hydrogen) atoms. The van der Waals surface area contributed by atoms with E-state index < -0.39 is 5.97 Å². The molecule has 1 N–H and O–H groups in total. The largest absolute Gasteiger partial charge is 0.454 e. The summed E-state index contributed by atoms with van der Waals surface area (Å²) in [6.45, 7) is 1.26. The summed E-state index contributed by atoms with van der Waals surface area (Å²) in [5, 5.41) is 6.41. The third-order valence-corrected chi connectivity index (χ3v) is 3.61. The lowest BCUT2D eigenvalue weighted by molar-refractivity contribution is -0.141. The van der Waals surface area contributed by atoms with Crippen LogP contribution in [0.1, 0.15) is 18.2 Å². The topological polar surface area (TPSA) is 81.4 Å². The Labute approximate surface area is 156 Å². The number of ether oxygens (including phenoxy) is 1. The van der Waals surface area contributed by atoms with Gasteiger partial charge in [0.15, 0.2) is 5.76 Å². The second kappa shape index (κ2) is 8.62. The highest BCUT2D eigenvalue weighted by molar-refractivity contribution is 5.97. The van der Waals surface area contributed by atoms with Crippen molar-refractivity contribution in [3.63, 3.8) is 0 Å². The van der Waals surface area contributed by atoms with Gasteiger partial charge in [-0.3, -0.25) is 4.79 Å². The van der Waals surface area contributed by atoms with Crippen LogP contribution in [0.15, 0.2) is 77.0 Å². The van der Waals surface area contributed by atoms with Crippen molar-refractivity contribution in [3.8, 4) is 11.3 Å². The SMILES string of the molecule is CC(=O)N/C(=C\c1ccccc1)C(=O)OCc1cc(-c2ccccc2)on1. The molecule has 6 nitrogen and oxygen atoms in total. The molecule has 0 saturated heterocycles. The van der Waals surface area contributed by atoms with Crippen LogP contribution in [0.2, 0.25) is 0 Å². The van der Waals surface area contributed by atoms with E-state index in [2.05, 4.69) is 10.5 Å². The van der Waals surface area contributed by atoms with Crippen LogP contribution >= 0.6 is 0 Å². The van der Waals surface area contributed by atoms with Crippen LogP contribution in [0, 0.1) is 0 Å². The highest BCUT2D eigenvalue weighted by Gasteiger charge is 2.15. The second-order valence-corrected chi connectivity index (χ2v) is 5.77. The molecule has 2 aromatic carbocycles. The Bertz CT molecular complexity index is 947. The molecular formula is C21H18N2O4. The van der Waals surface area contributed by atoms with Gasteiger partial charge in [0.25, 0.3) is 0 Å². The van der Waals surface area contributed by atoms with Crippen LogP contribution in [-0.4, -0.2) is 17.0 Å². The first-order valence-electron chi connectivity index (χ1n) is 8.34. The zero-order valence-corrected chi connectivity index (χ0v) is 14.7. The second-order valence-electron chi connectivity index (χ2n) is 5.77. The zero-order valence-electron chi connectivity index (χ0n) is 14.7. The number of esters is 1. The fourth-order valence-electron chi connectivity index (χ4n) is 2.39. The molecule has 6 heteroatoms. The summed E-state index contributed by atoms with van der Waals surface area (Å²) in [7, 11) is 0. The predicted octanol–water partition coefficient (Wildman–Crippen LogP) is 3.56. The Morgan fingerprint density at radius 3 is 2.41 bits per heavy atom. The average Bonchev–Trinajstić information content (AvgIpc) is 3.16. The van der Waals surface area contributed by atoms with Gasteiger partial charge in [-0.1, -0.05) is 65.8 Å². The van der Waals surface area contributed by atoms with Gasteiger partial charge in [0.2, 0.25) is 5.91 Å². The Balaban J connectivity index is 1.68. The smallest absolute Gasteiger partial charge is 0.355 e. The van der Waals surface area contributed by atoms with Crippen molar-refractivity contribution in [2.75, 3.05) is 0 Å². The number of rotatable bonds is 6. The molecule has 0 radical (unpaired) electrons. The molecule has 0 unspecified atom stereocenters. The Morgan fingerprint density at radius 2 is 1.74 bits per heavy atom. The molecular weight excluding hydrogens is 344 g/mol. The average molecular weight is 362 g/mol. The van der Waals surface area contributed by atoms with E-state index in [9.17, 15) is 9.59 Å². The molecule has 0 fully saturated rings. The number of carbonyl (C=O) groups excluding carboxylic acids is 2. The number of aromatic nitrogens is 1. The molecule has 0 saturated carbocycles. The van der Waals surface area contributed by atoms with Gasteiger partial charge in [0.1, 0.15) is 18.0 Å². The number of hydrogen-bond acceptors (Lipinski definition) is 5. The Kier molecular flexibility index (Phi) is 5.79. The molecule has 0 aliphatic rings. The third-order valence-electron chi connectivity index (χ3n) is 3.61. The molecule has 0 spiro atoms. The normalized spacial score (nSPS) is 11.1. The molecule has 1 heterocycles. The minimum atomic E-state index is -0.654. The van der Waals surface area contributed by atoms with Gasteiger partial charge < -0.3 is 14.6 Å². The van der Waals surface area contributed by atoms with Crippen molar-refractivity contribution in [1.82, 2.24) is 10.5 Å². The standard InChI is InChI=1S/C21H18N2O4/c1-15(24)22-19(12-16-8-4-2-5-9-16)21(25)26-14-18-13-20(27-23-18)17-10-6-3-7-11-17/h2-13H,14H2,1H3,(H,22,24)/b19-12-. The maximum atomic E-state index is 12.4. The number of benzene rings is 2. The molecule has 1 aromatic heterocycles. The fourth-order valence-corrected chi connectivity index (χ4v) is 2.39. The molecule has 136 valence electrons. The predicted molar refractivity (Wildman–Crippen MR) is 100.0 cm³/mol. The number of amides is 1. The van der Waals surface area contributed by atoms with E-state index in [0.717, 1.165) is 11.1 Å². The maximum absolute atomic E-state index is 12.4. The quantitative estimate of drug-likeness (QED) is 0.536. The monoisotopic (exact) mass is 362 g/mol. The van der Waals surface area contributed by atoms with Crippen LogP contribution < -0.4 is 5.32 Å². The van der Waals surface area contributed by atoms with E-state index in [4.69, 9.17) is 9.26 Å². The lowest BCUT2D eigenvalue weighted by Gasteiger charge is -2.08. The number of nitrogens with one attached hydrogen (secondary N) is 1. The van der Waals surface area contributed by atoms with Gasteiger partial charge in [-0.15, -0.1) is 0 Å². The summed E-state index contributed by atoms with van der Waals surface area (Å²) >= 11 is 0. The minimum Gasteiger partial charge on any atom is -0.454 e. The molecule has 0 aliphatic carbocycles. The van der Waals surface area contributed by atoms with Crippen molar-refractivity contribution in [2.24, 2.45) is 0 Å². The summed E-state index contributed by atoms with van der Waals surface area (Å²) in [5.74, 6) is -0.427. The van der Waals surface area contributed by atoms with Crippen LogP contribution in [0.5, 0.6) is 0 Å². The van der Waals surface area contributed by atoms with Crippen LogP contribution in [0.3, 0.4) is 0 Å². The first-order valence-corrected chi connectivity index (χ1v) is 8.34. The van der Waals surface area contributed by atoms with Gasteiger partial charge in [-0.05, 0) is 11.6 Å². The molecule has 0 aliphatic heterocycles. The van der Waals surface area contributed by atoms with E-state index in [1.165, 1.54) is 6.92 Å². The van der Waals surface area contributed by atoms with Gasteiger partial charge in [0.05, 0.1) is 0 Å². The lowest BCUT2D eigenvalue weighted by atomic mass is 10.2. The molecule has 0 bridgehead atoms. The highest BCUT2D eigenvalue weighted by Crippen LogP contribution is 2.20. The Morgan fingerprint density at radius 1 is 1.07 bits per heavy atom. The van der Waals surface area contributed by atoms with Crippen LogP contribution in [0.25, 0.3) is 17.4 Å². The molecule has 3 aromatic rings. The van der Waals surface area contributed by atoms with Gasteiger partial charge >= 0.3 is 5.97 Å². The zero-order chi connectivity index (χ0) is 19.1. The summed E-state index contributed by atoms with van der Waals surface area (Å²) in [4.78, 5) is 23.8. The van der Waals surface area contributed by atoms with Crippen molar-refractivity contribution in [3.05, 3.63) is 83.7 Å². The lowest BCUT2D eigenvalue weighted by Crippen LogP contribution is -2.26. The van der Waals surface area contributed by atoms with Gasteiger partial charge in [-0.2, -0.15) is 0 Å². The summed E-state index contributed by atoms with van der Waals surface area (Å²) in [5.41, 5.74) is 2.18. The fraction of sp³-hybridized carbons (Fsp3) is 0.0952. The van der Waals surface area contributed by atoms with E-state index in [-0.39, 0.29) is 18.2 Å². The summed E-state index contributed by atoms with van der Waals surface area (Å²) in [6, 6.07) is 20.4. The molecule has 0 atom stereocenters. The Hall–Kier alpha value is -3.67. The van der Waals surface area contributed by atoms with E-state index in [1.807, 2.05) is 60.7 Å². The van der Waals surface area contributed by atoms with E-state index in [1.54, 1.807) is 12.1 Å². The van der Waals surface area contributed by atoms with E-state index >= 15 is 0 Å². The highest BCUT2D eigenvalue weighted by atomic mass is 16.5. The molecule has 3 rings (SSSR count). The number of carbonyl (C=O) groups is 2. The third kappa shape index (κ3) is 5.15.